The van der Waals surface area contributed by atoms with E-state index in [4.69, 9.17) is 0 Å². The van der Waals surface area contributed by atoms with Gasteiger partial charge in [0, 0.05) is 12.6 Å². The van der Waals surface area contributed by atoms with Crippen molar-refractivity contribution in [1.82, 2.24) is 10.6 Å². The van der Waals surface area contributed by atoms with Crippen LogP contribution in [0.4, 0.5) is 4.79 Å². The summed E-state index contributed by atoms with van der Waals surface area (Å²) in [5.74, 6) is 0. The van der Waals surface area contributed by atoms with E-state index in [-0.39, 0.29) is 6.03 Å². The van der Waals surface area contributed by atoms with Crippen LogP contribution in [0.5, 0.6) is 0 Å². The molecule has 1 aliphatic carbocycles. The number of rotatable bonds is 3. The molecule has 3 nitrogen and oxygen atoms in total. The van der Waals surface area contributed by atoms with Gasteiger partial charge in [0.15, 0.2) is 0 Å². The summed E-state index contributed by atoms with van der Waals surface area (Å²) in [6.07, 6.45) is 2.47. The molecule has 2 N–H and O–H groups in total. The summed E-state index contributed by atoms with van der Waals surface area (Å²) in [6.45, 7) is 6.89. The van der Waals surface area contributed by atoms with Crippen LogP contribution in [0.15, 0.2) is 0 Å². The van der Waals surface area contributed by atoms with Gasteiger partial charge < -0.3 is 10.6 Å². The summed E-state index contributed by atoms with van der Waals surface area (Å²) in [6, 6.07) is 0.252. The molecule has 0 aliphatic heterocycles. The summed E-state index contributed by atoms with van der Waals surface area (Å²) < 4.78 is 0. The second-order valence-corrected chi connectivity index (χ2v) is 3.88. The van der Waals surface area contributed by atoms with Gasteiger partial charge in [-0.2, -0.15) is 0 Å². The predicted molar refractivity (Wildman–Crippen MR) is 49.0 cm³/mol. The molecule has 1 rings (SSSR count). The standard InChI is InChI=1S/C9H18N2O/c1-4-10-8(12)11-7(2)9(3)5-6-9/h7H,4-6H2,1-3H3,(H2,10,11,12). The van der Waals surface area contributed by atoms with Crippen LogP contribution >= 0.6 is 0 Å². The van der Waals surface area contributed by atoms with E-state index < -0.39 is 0 Å². The van der Waals surface area contributed by atoms with E-state index in [2.05, 4.69) is 24.5 Å². The van der Waals surface area contributed by atoms with Gasteiger partial charge in [-0.25, -0.2) is 4.79 Å². The van der Waals surface area contributed by atoms with E-state index in [1.165, 1.54) is 12.8 Å². The highest BCUT2D eigenvalue weighted by Crippen LogP contribution is 2.47. The van der Waals surface area contributed by atoms with Crippen LogP contribution in [-0.2, 0) is 0 Å². The first-order valence-electron chi connectivity index (χ1n) is 4.63. The highest BCUT2D eigenvalue weighted by Gasteiger charge is 2.42. The topological polar surface area (TPSA) is 41.1 Å². The minimum atomic E-state index is -0.0434. The fraction of sp³-hybridized carbons (Fsp3) is 0.889. The van der Waals surface area contributed by atoms with E-state index in [1.807, 2.05) is 6.92 Å². The van der Waals surface area contributed by atoms with Crippen LogP contribution in [0.2, 0.25) is 0 Å². The van der Waals surface area contributed by atoms with Crippen molar-refractivity contribution in [2.75, 3.05) is 6.54 Å². The molecule has 0 aromatic rings. The molecule has 1 aliphatic rings. The van der Waals surface area contributed by atoms with E-state index >= 15 is 0 Å². The molecule has 0 saturated heterocycles. The van der Waals surface area contributed by atoms with Gasteiger partial charge in [0.2, 0.25) is 0 Å². The third-order valence-electron chi connectivity index (χ3n) is 2.77. The molecule has 0 spiro atoms. The highest BCUT2D eigenvalue weighted by molar-refractivity contribution is 5.74. The molecular formula is C9H18N2O. The highest BCUT2D eigenvalue weighted by atomic mass is 16.2. The number of hydrogen-bond acceptors (Lipinski definition) is 1. The van der Waals surface area contributed by atoms with Crippen LogP contribution < -0.4 is 10.6 Å². The van der Waals surface area contributed by atoms with Gasteiger partial charge in [0.05, 0.1) is 0 Å². The fourth-order valence-corrected chi connectivity index (χ4v) is 1.21. The van der Waals surface area contributed by atoms with Crippen LogP contribution in [0.1, 0.15) is 33.6 Å². The van der Waals surface area contributed by atoms with E-state index in [0.29, 0.717) is 18.0 Å². The van der Waals surface area contributed by atoms with Crippen LogP contribution in [0.3, 0.4) is 0 Å². The van der Waals surface area contributed by atoms with Crippen molar-refractivity contribution in [3.05, 3.63) is 0 Å². The molecule has 1 atom stereocenters. The quantitative estimate of drug-likeness (QED) is 0.662. The zero-order chi connectivity index (χ0) is 9.19. The van der Waals surface area contributed by atoms with Crippen molar-refractivity contribution in [2.24, 2.45) is 5.41 Å². The maximum Gasteiger partial charge on any atom is 0.315 e. The molecule has 0 aromatic carbocycles. The zero-order valence-electron chi connectivity index (χ0n) is 8.11. The van der Waals surface area contributed by atoms with Gasteiger partial charge in [-0.1, -0.05) is 6.92 Å². The molecule has 3 heteroatoms. The van der Waals surface area contributed by atoms with Crippen LogP contribution in [-0.4, -0.2) is 18.6 Å². The Morgan fingerprint density at radius 3 is 2.58 bits per heavy atom. The molecular weight excluding hydrogens is 152 g/mol. The Bertz CT molecular complexity index is 175. The summed E-state index contributed by atoms with van der Waals surface area (Å²) in [5.41, 5.74) is 0.366. The molecule has 0 bridgehead atoms. The molecule has 70 valence electrons. The first-order chi connectivity index (χ1) is 5.58. The SMILES string of the molecule is CCNC(=O)NC(C)C1(C)CC1. The maximum atomic E-state index is 11.1. The molecule has 2 amide bonds. The predicted octanol–water partition coefficient (Wildman–Crippen LogP) is 1.49. The molecule has 1 saturated carbocycles. The lowest BCUT2D eigenvalue weighted by molar-refractivity contribution is 0.232. The first-order valence-corrected chi connectivity index (χ1v) is 4.63. The van der Waals surface area contributed by atoms with Gasteiger partial charge in [-0.3, -0.25) is 0 Å². The van der Waals surface area contributed by atoms with Crippen molar-refractivity contribution >= 4 is 6.03 Å². The van der Waals surface area contributed by atoms with E-state index in [1.54, 1.807) is 0 Å². The third kappa shape index (κ3) is 2.13. The van der Waals surface area contributed by atoms with Gasteiger partial charge in [0.25, 0.3) is 0 Å². The molecule has 1 fully saturated rings. The Balaban J connectivity index is 2.26. The number of hydrogen-bond donors (Lipinski definition) is 2. The van der Waals surface area contributed by atoms with Crippen LogP contribution in [0.25, 0.3) is 0 Å². The van der Waals surface area contributed by atoms with Crippen molar-refractivity contribution in [2.45, 2.75) is 39.7 Å². The van der Waals surface area contributed by atoms with Crippen LogP contribution in [0, 0.1) is 5.41 Å². The molecule has 1 unspecified atom stereocenters. The van der Waals surface area contributed by atoms with Crippen molar-refractivity contribution in [1.29, 1.82) is 0 Å². The third-order valence-corrected chi connectivity index (χ3v) is 2.77. The number of nitrogens with one attached hydrogen (secondary N) is 2. The lowest BCUT2D eigenvalue weighted by Crippen LogP contribution is -2.44. The van der Waals surface area contributed by atoms with Crippen molar-refractivity contribution in [3.8, 4) is 0 Å². The second kappa shape index (κ2) is 3.33. The fourth-order valence-electron chi connectivity index (χ4n) is 1.21. The maximum absolute atomic E-state index is 11.1. The summed E-state index contributed by atoms with van der Waals surface area (Å²) in [7, 11) is 0. The number of carbonyl (C=O) groups is 1. The lowest BCUT2D eigenvalue weighted by Gasteiger charge is -2.20. The van der Waals surface area contributed by atoms with Crippen molar-refractivity contribution in [3.63, 3.8) is 0 Å². The lowest BCUT2D eigenvalue weighted by atomic mass is 10.0. The summed E-state index contributed by atoms with van der Waals surface area (Å²) in [5, 5.41) is 5.66. The summed E-state index contributed by atoms with van der Waals surface area (Å²) in [4.78, 5) is 11.1. The Morgan fingerprint density at radius 2 is 2.17 bits per heavy atom. The number of amides is 2. The smallest absolute Gasteiger partial charge is 0.315 e. The average Bonchev–Trinajstić information content (AvgIpc) is 2.69. The number of carbonyl (C=O) groups excluding carboxylic acids is 1. The normalized spacial score (nSPS) is 21.2. The Morgan fingerprint density at radius 1 is 1.58 bits per heavy atom. The summed E-state index contributed by atoms with van der Waals surface area (Å²) >= 11 is 0. The second-order valence-electron chi connectivity index (χ2n) is 3.88. The molecule has 12 heavy (non-hydrogen) atoms. The van der Waals surface area contributed by atoms with Gasteiger partial charge >= 0.3 is 6.03 Å². The van der Waals surface area contributed by atoms with Gasteiger partial charge in [0.1, 0.15) is 0 Å². The van der Waals surface area contributed by atoms with E-state index in [0.717, 1.165) is 0 Å². The monoisotopic (exact) mass is 170 g/mol. The first kappa shape index (κ1) is 9.36. The van der Waals surface area contributed by atoms with Gasteiger partial charge in [-0.15, -0.1) is 0 Å². The Hall–Kier alpha value is -0.730. The molecule has 0 aromatic heterocycles. The Labute approximate surface area is 73.9 Å². The molecule has 0 radical (unpaired) electrons. The average molecular weight is 170 g/mol. The van der Waals surface area contributed by atoms with E-state index in [9.17, 15) is 4.79 Å². The minimum Gasteiger partial charge on any atom is -0.338 e. The zero-order valence-corrected chi connectivity index (χ0v) is 8.11. The van der Waals surface area contributed by atoms with Crippen molar-refractivity contribution < 1.29 is 4.79 Å². The Kier molecular flexibility index (Phi) is 2.60. The largest absolute Gasteiger partial charge is 0.338 e. The minimum absolute atomic E-state index is 0.0434. The number of urea groups is 1. The van der Waals surface area contributed by atoms with Gasteiger partial charge in [-0.05, 0) is 32.1 Å². The molecule has 0 heterocycles.